The van der Waals surface area contributed by atoms with Crippen LogP contribution < -0.4 is 10.2 Å². The predicted octanol–water partition coefficient (Wildman–Crippen LogP) is 3.36. The Morgan fingerprint density at radius 2 is 1.88 bits per heavy atom. The minimum Gasteiger partial charge on any atom is -0.488 e. The monoisotopic (exact) mass is 331 g/mol. The fraction of sp³-hybridized carbons (Fsp3) is 0.105. The van der Waals surface area contributed by atoms with Crippen molar-refractivity contribution in [1.29, 1.82) is 0 Å². The highest BCUT2D eigenvalue weighted by Crippen LogP contribution is 2.25. The molecule has 0 saturated heterocycles. The zero-order chi connectivity index (χ0) is 17.1. The number of nitrogens with one attached hydrogen (secondary N) is 1. The molecule has 0 unspecified atom stereocenters. The third-order valence-corrected chi connectivity index (χ3v) is 3.96. The second kappa shape index (κ2) is 6.60. The molecule has 1 aliphatic rings. The van der Waals surface area contributed by atoms with E-state index in [-0.39, 0.29) is 0 Å². The lowest BCUT2D eigenvalue weighted by Gasteiger charge is -2.15. The number of benzene rings is 2. The average Bonchev–Trinajstić information content (AvgIpc) is 3.03. The Kier molecular flexibility index (Phi) is 4.00. The zero-order valence-corrected chi connectivity index (χ0v) is 13.8. The van der Waals surface area contributed by atoms with E-state index >= 15 is 0 Å². The van der Waals surface area contributed by atoms with E-state index in [4.69, 9.17) is 4.74 Å². The van der Waals surface area contributed by atoms with Crippen LogP contribution in [0.2, 0.25) is 0 Å². The van der Waals surface area contributed by atoms with Gasteiger partial charge in [0.15, 0.2) is 5.82 Å². The number of aromatic nitrogens is 3. The van der Waals surface area contributed by atoms with Crippen LogP contribution in [0.5, 0.6) is 5.75 Å². The number of rotatable bonds is 4. The van der Waals surface area contributed by atoms with Crippen LogP contribution >= 0.6 is 0 Å². The van der Waals surface area contributed by atoms with Gasteiger partial charge in [-0.15, -0.1) is 10.2 Å². The molecule has 6 heteroatoms. The molecule has 4 rings (SSSR count). The Bertz CT molecular complexity index is 943. The summed E-state index contributed by atoms with van der Waals surface area (Å²) in [5, 5.41) is 12.6. The minimum atomic E-state index is 0.496. The van der Waals surface area contributed by atoms with Gasteiger partial charge in [-0.1, -0.05) is 48.5 Å². The van der Waals surface area contributed by atoms with Crippen LogP contribution in [-0.2, 0) is 7.05 Å². The Hall–Kier alpha value is -3.41. The normalized spacial score (nSPS) is 13.2. The molecule has 25 heavy (non-hydrogen) atoms. The maximum atomic E-state index is 5.70. The van der Waals surface area contributed by atoms with E-state index in [9.17, 15) is 0 Å². The fourth-order valence-corrected chi connectivity index (χ4v) is 2.65. The summed E-state index contributed by atoms with van der Waals surface area (Å²) >= 11 is 0. The van der Waals surface area contributed by atoms with Crippen molar-refractivity contribution in [3.8, 4) is 17.1 Å². The fourth-order valence-electron chi connectivity index (χ4n) is 2.65. The summed E-state index contributed by atoms with van der Waals surface area (Å²) in [5.41, 5.74) is 5.98. The molecule has 0 radical (unpaired) electrons. The van der Waals surface area contributed by atoms with Crippen LogP contribution in [-0.4, -0.2) is 27.6 Å². The van der Waals surface area contributed by atoms with Crippen molar-refractivity contribution in [3.63, 3.8) is 0 Å². The van der Waals surface area contributed by atoms with Gasteiger partial charge in [0, 0.05) is 23.7 Å². The first kappa shape index (κ1) is 15.1. The molecule has 124 valence electrons. The third-order valence-electron chi connectivity index (χ3n) is 3.96. The van der Waals surface area contributed by atoms with E-state index in [1.54, 1.807) is 6.21 Å². The van der Waals surface area contributed by atoms with Gasteiger partial charge in [-0.3, -0.25) is 4.57 Å². The van der Waals surface area contributed by atoms with Crippen LogP contribution in [0.15, 0.2) is 65.3 Å². The van der Waals surface area contributed by atoms with Crippen molar-refractivity contribution in [2.75, 3.05) is 12.0 Å². The molecule has 1 aliphatic heterocycles. The molecule has 0 saturated carbocycles. The van der Waals surface area contributed by atoms with E-state index in [0.717, 1.165) is 28.3 Å². The Morgan fingerprint density at radius 3 is 2.76 bits per heavy atom. The lowest BCUT2D eigenvalue weighted by molar-refractivity contribution is 0.353. The van der Waals surface area contributed by atoms with Crippen molar-refractivity contribution < 1.29 is 4.74 Å². The highest BCUT2D eigenvalue weighted by Gasteiger charge is 2.11. The largest absolute Gasteiger partial charge is 0.488 e. The highest BCUT2D eigenvalue weighted by molar-refractivity contribution is 5.88. The lowest BCUT2D eigenvalue weighted by atomic mass is 10.1. The Balaban J connectivity index is 1.48. The third kappa shape index (κ3) is 3.14. The number of hydrogen-bond acceptors (Lipinski definition) is 5. The number of hydrogen-bond donors (Lipinski definition) is 1. The van der Waals surface area contributed by atoms with Gasteiger partial charge in [0.2, 0.25) is 5.95 Å². The maximum absolute atomic E-state index is 5.70. The van der Waals surface area contributed by atoms with E-state index in [1.165, 1.54) is 0 Å². The average molecular weight is 331 g/mol. The number of fused-ring (bicyclic) bond motifs is 1. The highest BCUT2D eigenvalue weighted by atomic mass is 16.5. The summed E-state index contributed by atoms with van der Waals surface area (Å²) in [6.07, 6.45) is 3.81. The summed E-state index contributed by atoms with van der Waals surface area (Å²) in [7, 11) is 1.90. The predicted molar refractivity (Wildman–Crippen MR) is 98.5 cm³/mol. The van der Waals surface area contributed by atoms with Gasteiger partial charge in [-0.05, 0) is 12.1 Å². The van der Waals surface area contributed by atoms with Crippen molar-refractivity contribution in [3.05, 3.63) is 65.7 Å². The van der Waals surface area contributed by atoms with Gasteiger partial charge < -0.3 is 4.74 Å². The SMILES string of the molecule is Cn1c(NN=CC2=Cc3ccccc3OC2)nnc1-c1ccccc1. The molecule has 0 aliphatic carbocycles. The Labute approximate surface area is 145 Å². The maximum Gasteiger partial charge on any atom is 0.245 e. The number of anilines is 1. The molecule has 2 aromatic carbocycles. The van der Waals surface area contributed by atoms with Crippen molar-refractivity contribution >= 4 is 18.2 Å². The van der Waals surface area contributed by atoms with Crippen LogP contribution in [0.3, 0.4) is 0 Å². The second-order valence-electron chi connectivity index (χ2n) is 5.69. The second-order valence-corrected chi connectivity index (χ2v) is 5.69. The molecule has 0 fully saturated rings. The van der Waals surface area contributed by atoms with Gasteiger partial charge in [-0.25, -0.2) is 5.43 Å². The first-order valence-electron chi connectivity index (χ1n) is 7.97. The van der Waals surface area contributed by atoms with Gasteiger partial charge in [0.05, 0.1) is 6.21 Å². The van der Waals surface area contributed by atoms with Gasteiger partial charge in [0.1, 0.15) is 12.4 Å². The van der Waals surface area contributed by atoms with Gasteiger partial charge in [-0.2, -0.15) is 5.10 Å². The van der Waals surface area contributed by atoms with Gasteiger partial charge >= 0.3 is 0 Å². The first-order chi connectivity index (χ1) is 12.3. The molecule has 0 atom stereocenters. The molecule has 1 N–H and O–H groups in total. The van der Waals surface area contributed by atoms with Crippen molar-refractivity contribution in [2.45, 2.75) is 0 Å². The van der Waals surface area contributed by atoms with E-state index in [0.29, 0.717) is 12.6 Å². The molecule has 0 bridgehead atoms. The molecule has 0 spiro atoms. The molecule has 2 heterocycles. The molecular formula is C19H17N5O. The Morgan fingerprint density at radius 1 is 1.08 bits per heavy atom. The van der Waals surface area contributed by atoms with E-state index < -0.39 is 0 Å². The molecule has 1 aromatic heterocycles. The zero-order valence-electron chi connectivity index (χ0n) is 13.8. The minimum absolute atomic E-state index is 0.496. The number of hydrazone groups is 1. The molecular weight excluding hydrogens is 314 g/mol. The van der Waals surface area contributed by atoms with Crippen molar-refractivity contribution in [2.24, 2.45) is 12.1 Å². The molecule has 3 aromatic rings. The van der Waals surface area contributed by atoms with Crippen LogP contribution in [0, 0.1) is 0 Å². The van der Waals surface area contributed by atoms with Crippen LogP contribution in [0.4, 0.5) is 5.95 Å². The summed E-state index contributed by atoms with van der Waals surface area (Å²) in [6.45, 7) is 0.496. The van der Waals surface area contributed by atoms with Crippen molar-refractivity contribution in [1.82, 2.24) is 14.8 Å². The molecule has 6 nitrogen and oxygen atoms in total. The van der Waals surface area contributed by atoms with E-state index in [2.05, 4.69) is 26.8 Å². The van der Waals surface area contributed by atoms with Gasteiger partial charge in [0.25, 0.3) is 0 Å². The number of ether oxygens (including phenoxy) is 1. The standard InChI is InChI=1S/C19H17N5O/c1-24-18(15-7-3-2-4-8-15)21-23-19(24)22-20-12-14-11-16-9-5-6-10-17(16)25-13-14/h2-12H,13H2,1H3,(H,22,23). The topological polar surface area (TPSA) is 64.3 Å². The first-order valence-corrected chi connectivity index (χ1v) is 7.97. The van der Waals surface area contributed by atoms with Crippen LogP contribution in [0.1, 0.15) is 5.56 Å². The smallest absolute Gasteiger partial charge is 0.245 e. The van der Waals surface area contributed by atoms with Crippen LogP contribution in [0.25, 0.3) is 17.5 Å². The quantitative estimate of drug-likeness (QED) is 0.588. The molecule has 0 amide bonds. The summed E-state index contributed by atoms with van der Waals surface area (Å²) < 4.78 is 7.57. The van der Waals surface area contributed by atoms with E-state index in [1.807, 2.05) is 66.2 Å². The summed E-state index contributed by atoms with van der Waals surface area (Å²) in [5.74, 6) is 2.26. The lowest BCUT2D eigenvalue weighted by Crippen LogP contribution is -2.09. The summed E-state index contributed by atoms with van der Waals surface area (Å²) in [6, 6.07) is 17.9. The number of para-hydroxylation sites is 1. The number of nitrogens with zero attached hydrogens (tertiary/aromatic N) is 4. The summed E-state index contributed by atoms with van der Waals surface area (Å²) in [4.78, 5) is 0.